The molecule has 5 aromatic rings. The minimum atomic E-state index is -3.75. The van der Waals surface area contributed by atoms with E-state index >= 15 is 0 Å². The summed E-state index contributed by atoms with van der Waals surface area (Å²) in [6.45, 7) is 6.06. The Hall–Kier alpha value is -3.31. The number of para-hydroxylation sites is 1. The molecule has 0 aliphatic rings. The van der Waals surface area contributed by atoms with Gasteiger partial charge in [0.1, 0.15) is 0 Å². The van der Waals surface area contributed by atoms with E-state index in [2.05, 4.69) is 24.0 Å². The van der Waals surface area contributed by atoms with Crippen molar-refractivity contribution in [1.29, 1.82) is 0 Å². The van der Waals surface area contributed by atoms with Crippen LogP contribution >= 0.6 is 0 Å². The number of benzene rings is 3. The maximum atomic E-state index is 13.8. The highest BCUT2D eigenvalue weighted by molar-refractivity contribution is 7.90. The van der Waals surface area contributed by atoms with E-state index in [1.54, 1.807) is 16.1 Å². The number of hydrogen-bond donors (Lipinski definition) is 1. The third-order valence-electron chi connectivity index (χ3n) is 6.12. The van der Waals surface area contributed by atoms with Gasteiger partial charge in [0.25, 0.3) is 10.0 Å². The Bertz CT molecular complexity index is 1540. The Balaban J connectivity index is 1.77. The highest BCUT2D eigenvalue weighted by Gasteiger charge is 2.26. The van der Waals surface area contributed by atoms with Gasteiger partial charge in [0.15, 0.2) is 0 Å². The molecule has 0 fully saturated rings. The van der Waals surface area contributed by atoms with Gasteiger partial charge in [0, 0.05) is 34.6 Å². The fourth-order valence-corrected chi connectivity index (χ4v) is 6.09. The molecule has 0 bridgehead atoms. The SMILES string of the molecule is Cc1ccc(S(=O)(=O)n2c(Cc3c[nH]c4cccc(C)c34)c(C)c3ccccc32)cc1. The zero-order valence-corrected chi connectivity index (χ0v) is 18.6. The summed E-state index contributed by atoms with van der Waals surface area (Å²) in [6.07, 6.45) is 2.52. The van der Waals surface area contributed by atoms with Crippen molar-refractivity contribution < 1.29 is 8.42 Å². The molecule has 1 N–H and O–H groups in total. The van der Waals surface area contributed by atoms with Crippen molar-refractivity contribution in [2.24, 2.45) is 0 Å². The van der Waals surface area contributed by atoms with Gasteiger partial charge < -0.3 is 4.98 Å². The summed E-state index contributed by atoms with van der Waals surface area (Å²) in [7, 11) is -3.75. The topological polar surface area (TPSA) is 54.9 Å². The molecule has 5 rings (SSSR count). The summed E-state index contributed by atoms with van der Waals surface area (Å²) in [6, 6.07) is 21.0. The molecule has 0 amide bonds. The largest absolute Gasteiger partial charge is 0.361 e. The Morgan fingerprint density at radius 3 is 2.39 bits per heavy atom. The maximum Gasteiger partial charge on any atom is 0.268 e. The average molecular weight is 429 g/mol. The van der Waals surface area contributed by atoms with E-state index in [-0.39, 0.29) is 0 Å². The van der Waals surface area contributed by atoms with Crippen LogP contribution in [-0.2, 0) is 16.4 Å². The lowest BCUT2D eigenvalue weighted by Gasteiger charge is -2.13. The minimum absolute atomic E-state index is 0.301. The molecule has 31 heavy (non-hydrogen) atoms. The monoisotopic (exact) mass is 428 g/mol. The first-order valence-electron chi connectivity index (χ1n) is 10.3. The van der Waals surface area contributed by atoms with Gasteiger partial charge in [-0.1, -0.05) is 48.0 Å². The first kappa shape index (κ1) is 19.6. The molecule has 5 heteroatoms. The molecule has 0 unspecified atom stereocenters. The van der Waals surface area contributed by atoms with Crippen LogP contribution in [0.2, 0.25) is 0 Å². The molecular formula is C26H24N2O2S. The van der Waals surface area contributed by atoms with Crippen LogP contribution in [0.3, 0.4) is 0 Å². The highest BCUT2D eigenvalue weighted by Crippen LogP contribution is 2.33. The maximum absolute atomic E-state index is 13.8. The van der Waals surface area contributed by atoms with Gasteiger partial charge >= 0.3 is 0 Å². The Morgan fingerprint density at radius 1 is 0.871 bits per heavy atom. The van der Waals surface area contributed by atoms with Crippen molar-refractivity contribution in [3.8, 4) is 0 Å². The summed E-state index contributed by atoms with van der Waals surface area (Å²) >= 11 is 0. The number of aromatic nitrogens is 2. The zero-order chi connectivity index (χ0) is 21.8. The van der Waals surface area contributed by atoms with Gasteiger partial charge in [-0.05, 0) is 61.7 Å². The molecule has 0 saturated carbocycles. The molecule has 0 atom stereocenters. The number of fused-ring (bicyclic) bond motifs is 2. The molecule has 0 saturated heterocycles. The van der Waals surface area contributed by atoms with E-state index in [1.807, 2.05) is 62.5 Å². The van der Waals surface area contributed by atoms with Crippen molar-refractivity contribution in [3.63, 3.8) is 0 Å². The van der Waals surface area contributed by atoms with E-state index in [0.717, 1.165) is 38.7 Å². The highest BCUT2D eigenvalue weighted by atomic mass is 32.2. The van der Waals surface area contributed by atoms with Crippen LogP contribution in [0.25, 0.3) is 21.8 Å². The van der Waals surface area contributed by atoms with Crippen molar-refractivity contribution in [2.75, 3.05) is 0 Å². The smallest absolute Gasteiger partial charge is 0.268 e. The number of nitrogens with one attached hydrogen (secondary N) is 1. The molecular weight excluding hydrogens is 404 g/mol. The van der Waals surface area contributed by atoms with Gasteiger partial charge in [0.05, 0.1) is 10.4 Å². The molecule has 0 spiro atoms. The van der Waals surface area contributed by atoms with Crippen LogP contribution in [0.4, 0.5) is 0 Å². The van der Waals surface area contributed by atoms with Crippen LogP contribution in [0.5, 0.6) is 0 Å². The summed E-state index contributed by atoms with van der Waals surface area (Å²) in [5, 5.41) is 2.12. The van der Waals surface area contributed by atoms with Crippen molar-refractivity contribution >= 4 is 31.8 Å². The van der Waals surface area contributed by atoms with E-state index in [4.69, 9.17) is 0 Å². The van der Waals surface area contributed by atoms with Gasteiger partial charge in [-0.25, -0.2) is 12.4 Å². The fourth-order valence-electron chi connectivity index (χ4n) is 4.49. The molecule has 4 nitrogen and oxygen atoms in total. The number of H-pyrrole nitrogens is 1. The Labute approximate surface area is 182 Å². The second-order valence-corrected chi connectivity index (χ2v) is 9.95. The summed E-state index contributed by atoms with van der Waals surface area (Å²) < 4.78 is 29.2. The summed E-state index contributed by atoms with van der Waals surface area (Å²) in [5.41, 5.74) is 6.88. The lowest BCUT2D eigenvalue weighted by atomic mass is 10.0. The fraction of sp³-hybridized carbons (Fsp3) is 0.154. The van der Waals surface area contributed by atoms with Crippen molar-refractivity contribution in [2.45, 2.75) is 32.1 Å². The third kappa shape index (κ3) is 3.08. The molecule has 0 radical (unpaired) electrons. The number of nitrogens with zero attached hydrogens (tertiary/aromatic N) is 1. The van der Waals surface area contributed by atoms with Gasteiger partial charge in [0.2, 0.25) is 0 Å². The van der Waals surface area contributed by atoms with Crippen LogP contribution in [0.1, 0.15) is 27.9 Å². The minimum Gasteiger partial charge on any atom is -0.361 e. The number of aryl methyl sites for hydroxylation is 3. The Morgan fingerprint density at radius 2 is 1.61 bits per heavy atom. The van der Waals surface area contributed by atoms with E-state index in [0.29, 0.717) is 16.8 Å². The predicted octanol–water partition coefficient (Wildman–Crippen LogP) is 5.88. The van der Waals surface area contributed by atoms with Crippen LogP contribution in [-0.4, -0.2) is 17.4 Å². The first-order chi connectivity index (χ1) is 14.9. The van der Waals surface area contributed by atoms with Crippen LogP contribution < -0.4 is 0 Å². The van der Waals surface area contributed by atoms with E-state index in [1.165, 1.54) is 5.56 Å². The Kier molecular flexibility index (Phi) is 4.52. The van der Waals surface area contributed by atoms with Crippen molar-refractivity contribution in [3.05, 3.63) is 101 Å². The zero-order valence-electron chi connectivity index (χ0n) is 17.8. The second-order valence-electron chi connectivity index (χ2n) is 8.16. The summed E-state index contributed by atoms with van der Waals surface area (Å²) in [5.74, 6) is 0. The molecule has 2 heterocycles. The number of aromatic amines is 1. The van der Waals surface area contributed by atoms with Crippen molar-refractivity contribution in [1.82, 2.24) is 8.96 Å². The van der Waals surface area contributed by atoms with Gasteiger partial charge in [-0.3, -0.25) is 0 Å². The van der Waals surface area contributed by atoms with E-state index in [9.17, 15) is 8.42 Å². The first-order valence-corrected chi connectivity index (χ1v) is 11.8. The molecule has 156 valence electrons. The van der Waals surface area contributed by atoms with Gasteiger partial charge in [-0.2, -0.15) is 0 Å². The lowest BCUT2D eigenvalue weighted by molar-refractivity contribution is 0.587. The standard InChI is InChI=1S/C26H24N2O2S/c1-17-11-13-21(14-12-17)31(29,30)28-24-10-5-4-8-22(24)19(3)25(28)15-20-16-27-23-9-6-7-18(2)26(20)23/h4-14,16,27H,15H2,1-3H3. The third-order valence-corrected chi connectivity index (χ3v) is 7.88. The average Bonchev–Trinajstić information content (AvgIpc) is 3.29. The van der Waals surface area contributed by atoms with E-state index < -0.39 is 10.0 Å². The molecule has 0 aliphatic carbocycles. The molecule has 0 aliphatic heterocycles. The van der Waals surface area contributed by atoms with Crippen LogP contribution in [0, 0.1) is 20.8 Å². The number of rotatable bonds is 4. The summed E-state index contributed by atoms with van der Waals surface area (Å²) in [4.78, 5) is 3.64. The second kappa shape index (κ2) is 7.13. The quantitative estimate of drug-likeness (QED) is 0.389. The molecule has 2 aromatic heterocycles. The van der Waals surface area contributed by atoms with Crippen LogP contribution in [0.15, 0.2) is 77.8 Å². The predicted molar refractivity (Wildman–Crippen MR) is 126 cm³/mol. The molecule has 3 aromatic carbocycles. The number of hydrogen-bond acceptors (Lipinski definition) is 2. The van der Waals surface area contributed by atoms with Gasteiger partial charge in [-0.15, -0.1) is 0 Å². The lowest BCUT2D eigenvalue weighted by Crippen LogP contribution is -2.16. The normalized spacial score (nSPS) is 12.1.